The Labute approximate surface area is 191 Å². The van der Waals surface area contributed by atoms with Gasteiger partial charge in [-0.3, -0.25) is 9.59 Å². The van der Waals surface area contributed by atoms with Gasteiger partial charge in [-0.25, -0.2) is 0 Å². The van der Waals surface area contributed by atoms with E-state index in [-0.39, 0.29) is 11.9 Å². The molecule has 1 amide bonds. The number of nitrogens with zero attached hydrogens (tertiary/aromatic N) is 2. The molecule has 0 aliphatic carbocycles. The lowest BCUT2D eigenvalue weighted by Crippen LogP contribution is -2.47. The Morgan fingerprint density at radius 1 is 0.774 bits per heavy atom. The van der Waals surface area contributed by atoms with E-state index in [1.807, 2.05) is 4.90 Å². The summed E-state index contributed by atoms with van der Waals surface area (Å²) in [6.07, 6.45) is 14.2. The second-order valence-electron chi connectivity index (χ2n) is 8.87. The van der Waals surface area contributed by atoms with E-state index < -0.39 is 0 Å². The molecule has 31 heavy (non-hydrogen) atoms. The summed E-state index contributed by atoms with van der Waals surface area (Å²) >= 11 is 0. The van der Waals surface area contributed by atoms with E-state index in [0.717, 1.165) is 71.5 Å². The quantitative estimate of drug-likeness (QED) is 0.239. The van der Waals surface area contributed by atoms with Gasteiger partial charge in [-0.2, -0.15) is 0 Å². The average molecular weight is 440 g/mol. The van der Waals surface area contributed by atoms with Crippen molar-refractivity contribution in [2.24, 2.45) is 0 Å². The number of nitrogens with one attached hydrogen (secondary N) is 1. The molecule has 1 aliphatic heterocycles. The van der Waals surface area contributed by atoms with Crippen molar-refractivity contribution in [1.82, 2.24) is 15.1 Å². The monoisotopic (exact) mass is 439 g/mol. The summed E-state index contributed by atoms with van der Waals surface area (Å²) in [7, 11) is 0. The molecule has 0 bridgehead atoms. The Hall–Kier alpha value is -1.14. The van der Waals surface area contributed by atoms with Crippen LogP contribution in [0.3, 0.4) is 0 Å². The minimum atomic E-state index is -0.0686. The van der Waals surface area contributed by atoms with E-state index in [2.05, 4.69) is 24.1 Å². The topological polar surface area (TPSA) is 61.9 Å². The van der Waals surface area contributed by atoms with Gasteiger partial charge in [0.25, 0.3) is 0 Å². The molecular weight excluding hydrogens is 390 g/mol. The number of ether oxygens (including phenoxy) is 1. The zero-order valence-electron chi connectivity index (χ0n) is 20.5. The zero-order valence-corrected chi connectivity index (χ0v) is 20.5. The molecule has 0 unspecified atom stereocenters. The van der Waals surface area contributed by atoms with Crippen LogP contribution in [-0.4, -0.2) is 74.1 Å². The van der Waals surface area contributed by atoms with Crippen molar-refractivity contribution in [3.8, 4) is 0 Å². The van der Waals surface area contributed by atoms with Crippen LogP contribution in [0, 0.1) is 0 Å². The highest BCUT2D eigenvalue weighted by atomic mass is 16.5. The molecule has 0 aromatic heterocycles. The number of piperazine rings is 1. The number of esters is 1. The molecule has 0 atom stereocenters. The van der Waals surface area contributed by atoms with Crippen LogP contribution < -0.4 is 5.32 Å². The normalized spacial score (nSPS) is 14.2. The Bertz CT molecular complexity index is 453. The molecule has 182 valence electrons. The SMILES string of the molecule is CCCCCCCCCN(CCCOC(=O)CCCCC)CCC(=O)N1CCNCC1. The van der Waals surface area contributed by atoms with Crippen molar-refractivity contribution < 1.29 is 14.3 Å². The smallest absolute Gasteiger partial charge is 0.305 e. The predicted molar refractivity (Wildman–Crippen MR) is 128 cm³/mol. The third-order valence-corrected chi connectivity index (χ3v) is 6.06. The number of unbranched alkanes of at least 4 members (excludes halogenated alkanes) is 8. The molecule has 0 spiro atoms. The van der Waals surface area contributed by atoms with Crippen molar-refractivity contribution in [3.63, 3.8) is 0 Å². The van der Waals surface area contributed by atoms with Gasteiger partial charge < -0.3 is 19.9 Å². The lowest BCUT2D eigenvalue weighted by Gasteiger charge is -2.29. The Balaban J connectivity index is 2.28. The largest absolute Gasteiger partial charge is 0.466 e. The molecule has 1 aliphatic rings. The van der Waals surface area contributed by atoms with Gasteiger partial charge in [0.2, 0.25) is 5.91 Å². The summed E-state index contributed by atoms with van der Waals surface area (Å²) in [6, 6.07) is 0. The first-order valence-corrected chi connectivity index (χ1v) is 13.0. The fourth-order valence-electron chi connectivity index (χ4n) is 4.02. The van der Waals surface area contributed by atoms with E-state index in [1.54, 1.807) is 0 Å². The van der Waals surface area contributed by atoms with Gasteiger partial charge in [0.15, 0.2) is 0 Å². The number of hydrogen-bond donors (Lipinski definition) is 1. The first kappa shape index (κ1) is 27.9. The second kappa shape index (κ2) is 19.5. The number of hydrogen-bond acceptors (Lipinski definition) is 5. The molecular formula is C25H49N3O3. The summed E-state index contributed by atoms with van der Waals surface area (Å²) in [4.78, 5) is 28.7. The van der Waals surface area contributed by atoms with Crippen LogP contribution >= 0.6 is 0 Å². The zero-order chi connectivity index (χ0) is 22.6. The molecule has 0 aromatic carbocycles. The predicted octanol–water partition coefficient (Wildman–Crippen LogP) is 4.37. The highest BCUT2D eigenvalue weighted by Gasteiger charge is 2.17. The summed E-state index contributed by atoms with van der Waals surface area (Å²) in [5.41, 5.74) is 0. The van der Waals surface area contributed by atoms with Crippen molar-refractivity contribution in [1.29, 1.82) is 0 Å². The lowest BCUT2D eigenvalue weighted by atomic mass is 10.1. The highest BCUT2D eigenvalue weighted by molar-refractivity contribution is 5.76. The maximum Gasteiger partial charge on any atom is 0.305 e. The standard InChI is InChI=1S/C25H49N3O3/c1-3-5-7-8-9-10-12-18-27(19-13-23-31-25(30)14-11-6-4-2)20-15-24(29)28-21-16-26-17-22-28/h26H,3-23H2,1-2H3. The minimum absolute atomic E-state index is 0.0686. The molecule has 1 saturated heterocycles. The molecule has 6 heteroatoms. The Morgan fingerprint density at radius 3 is 2.10 bits per heavy atom. The van der Waals surface area contributed by atoms with E-state index in [9.17, 15) is 9.59 Å². The molecule has 0 radical (unpaired) electrons. The molecule has 1 heterocycles. The average Bonchev–Trinajstić information content (AvgIpc) is 2.79. The third kappa shape index (κ3) is 15.3. The van der Waals surface area contributed by atoms with Crippen molar-refractivity contribution in [2.75, 3.05) is 52.4 Å². The number of rotatable bonds is 19. The number of carbonyl (C=O) groups excluding carboxylic acids is 2. The molecule has 0 saturated carbocycles. The summed E-state index contributed by atoms with van der Waals surface area (Å²) < 4.78 is 5.39. The van der Waals surface area contributed by atoms with Crippen LogP contribution in [0.4, 0.5) is 0 Å². The molecule has 1 fully saturated rings. The fraction of sp³-hybridized carbons (Fsp3) is 0.920. The van der Waals surface area contributed by atoms with Crippen LogP contribution in [-0.2, 0) is 14.3 Å². The van der Waals surface area contributed by atoms with E-state index in [1.165, 1.54) is 44.9 Å². The first-order chi connectivity index (χ1) is 15.2. The van der Waals surface area contributed by atoms with Crippen molar-refractivity contribution in [2.45, 2.75) is 97.3 Å². The van der Waals surface area contributed by atoms with Gasteiger partial charge in [0.1, 0.15) is 0 Å². The number of amides is 1. The van der Waals surface area contributed by atoms with Crippen LogP contribution in [0.15, 0.2) is 0 Å². The maximum atomic E-state index is 12.5. The minimum Gasteiger partial charge on any atom is -0.466 e. The van der Waals surface area contributed by atoms with Gasteiger partial charge >= 0.3 is 5.97 Å². The second-order valence-corrected chi connectivity index (χ2v) is 8.87. The highest BCUT2D eigenvalue weighted by Crippen LogP contribution is 2.09. The van der Waals surface area contributed by atoms with Gasteiger partial charge in [0.05, 0.1) is 6.61 Å². The summed E-state index contributed by atoms with van der Waals surface area (Å²) in [5.74, 6) is 0.203. The van der Waals surface area contributed by atoms with E-state index >= 15 is 0 Å². The van der Waals surface area contributed by atoms with E-state index in [4.69, 9.17) is 4.74 Å². The van der Waals surface area contributed by atoms with Crippen molar-refractivity contribution in [3.05, 3.63) is 0 Å². The molecule has 1 N–H and O–H groups in total. The van der Waals surface area contributed by atoms with Crippen LogP contribution in [0.1, 0.15) is 97.3 Å². The maximum absolute atomic E-state index is 12.5. The lowest BCUT2D eigenvalue weighted by molar-refractivity contribution is -0.144. The molecule has 6 nitrogen and oxygen atoms in total. The Kier molecular flexibility index (Phi) is 17.6. The van der Waals surface area contributed by atoms with Crippen LogP contribution in [0.5, 0.6) is 0 Å². The van der Waals surface area contributed by atoms with Crippen molar-refractivity contribution >= 4 is 11.9 Å². The molecule has 0 aromatic rings. The molecule has 1 rings (SSSR count). The number of carbonyl (C=O) groups is 2. The van der Waals surface area contributed by atoms with Gasteiger partial charge in [0, 0.05) is 52.1 Å². The fourth-order valence-corrected chi connectivity index (χ4v) is 4.02. The van der Waals surface area contributed by atoms with Crippen LogP contribution in [0.25, 0.3) is 0 Å². The van der Waals surface area contributed by atoms with E-state index in [0.29, 0.717) is 19.4 Å². The first-order valence-electron chi connectivity index (χ1n) is 13.0. The summed E-state index contributed by atoms with van der Waals surface area (Å²) in [6.45, 7) is 11.1. The summed E-state index contributed by atoms with van der Waals surface area (Å²) in [5, 5.41) is 3.30. The third-order valence-electron chi connectivity index (χ3n) is 6.06. The Morgan fingerprint density at radius 2 is 1.39 bits per heavy atom. The van der Waals surface area contributed by atoms with Crippen LogP contribution in [0.2, 0.25) is 0 Å². The van der Waals surface area contributed by atoms with Gasteiger partial charge in [-0.05, 0) is 25.8 Å². The van der Waals surface area contributed by atoms with Gasteiger partial charge in [-0.1, -0.05) is 65.2 Å². The van der Waals surface area contributed by atoms with Gasteiger partial charge in [-0.15, -0.1) is 0 Å².